The molecule has 3 nitrogen and oxygen atoms in total. The lowest BCUT2D eigenvalue weighted by Gasteiger charge is -2.04. The largest absolute Gasteiger partial charge is 0.319 e. The van der Waals surface area contributed by atoms with Crippen LogP contribution in [0, 0.1) is 5.82 Å². The number of hydrogen-bond donors (Lipinski definition) is 1. The number of halogens is 3. The number of H-pyrrole nitrogens is 1. The van der Waals surface area contributed by atoms with Crippen LogP contribution in [-0.4, -0.2) is 11.3 Å². The maximum absolute atomic E-state index is 13.6. The van der Waals surface area contributed by atoms with E-state index in [-0.39, 0.29) is 20.6 Å². The second-order valence-corrected chi connectivity index (χ2v) is 4.32. The lowest BCUT2D eigenvalue weighted by Crippen LogP contribution is -2.13. The van der Waals surface area contributed by atoms with Gasteiger partial charge in [0.15, 0.2) is 12.1 Å². The van der Waals surface area contributed by atoms with Crippen molar-refractivity contribution in [3.63, 3.8) is 0 Å². The van der Waals surface area contributed by atoms with E-state index in [0.717, 1.165) is 0 Å². The summed E-state index contributed by atoms with van der Waals surface area (Å²) >= 11 is 8.83. The Morgan fingerprint density at radius 2 is 2.12 bits per heavy atom. The second-order valence-electron chi connectivity index (χ2n) is 3.08. The van der Waals surface area contributed by atoms with Crippen LogP contribution in [0.15, 0.2) is 21.4 Å². The molecule has 0 fully saturated rings. The summed E-state index contributed by atoms with van der Waals surface area (Å²) in [5.41, 5.74) is -0.921. The molecule has 1 aromatic heterocycles. The van der Waals surface area contributed by atoms with Crippen molar-refractivity contribution in [1.82, 2.24) is 4.98 Å². The van der Waals surface area contributed by atoms with E-state index in [9.17, 15) is 14.0 Å². The molecule has 1 N–H and O–H groups in total. The molecule has 0 bridgehead atoms. The highest BCUT2D eigenvalue weighted by Crippen LogP contribution is 2.28. The first-order valence-corrected chi connectivity index (χ1v) is 5.38. The molecule has 0 atom stereocenters. The van der Waals surface area contributed by atoms with Crippen LogP contribution in [0.1, 0.15) is 10.4 Å². The first kappa shape index (κ1) is 11.3. The summed E-state index contributed by atoms with van der Waals surface area (Å²) in [7, 11) is 0. The Labute approximate surface area is 102 Å². The summed E-state index contributed by atoms with van der Waals surface area (Å²) in [6, 6.07) is 2.98. The summed E-state index contributed by atoms with van der Waals surface area (Å²) in [5, 5.41) is 0.254. The van der Waals surface area contributed by atoms with Gasteiger partial charge in [0.05, 0.1) is 20.6 Å². The van der Waals surface area contributed by atoms with E-state index in [4.69, 9.17) is 11.6 Å². The summed E-state index contributed by atoms with van der Waals surface area (Å²) in [6.07, 6.45) is 0.348. The molecule has 2 aromatic rings. The summed E-state index contributed by atoms with van der Waals surface area (Å²) in [4.78, 5) is 24.3. The fourth-order valence-electron chi connectivity index (χ4n) is 1.39. The monoisotopic (exact) mass is 303 g/mol. The fourth-order valence-corrected chi connectivity index (χ4v) is 2.00. The van der Waals surface area contributed by atoms with Gasteiger partial charge in [-0.2, -0.15) is 0 Å². The van der Waals surface area contributed by atoms with Crippen molar-refractivity contribution in [2.45, 2.75) is 0 Å². The van der Waals surface area contributed by atoms with Crippen LogP contribution in [0.3, 0.4) is 0 Å². The Kier molecular flexibility index (Phi) is 2.82. The molecule has 0 aliphatic heterocycles. The van der Waals surface area contributed by atoms with Gasteiger partial charge >= 0.3 is 0 Å². The smallest absolute Gasteiger partial charge is 0.260 e. The lowest BCUT2D eigenvalue weighted by atomic mass is 10.1. The average Bonchev–Trinajstić information content (AvgIpc) is 2.25. The van der Waals surface area contributed by atoms with Gasteiger partial charge in [-0.1, -0.05) is 17.7 Å². The van der Waals surface area contributed by atoms with E-state index >= 15 is 0 Å². The zero-order valence-electron chi connectivity index (χ0n) is 7.68. The Morgan fingerprint density at radius 1 is 1.44 bits per heavy atom. The van der Waals surface area contributed by atoms with E-state index < -0.39 is 11.4 Å². The molecule has 0 spiro atoms. The molecule has 1 aromatic carbocycles. The van der Waals surface area contributed by atoms with Gasteiger partial charge in [0.1, 0.15) is 0 Å². The molecule has 0 radical (unpaired) electrons. The first-order valence-electron chi connectivity index (χ1n) is 4.21. The minimum Gasteiger partial charge on any atom is -0.319 e. The van der Waals surface area contributed by atoms with Crippen molar-refractivity contribution in [3.05, 3.63) is 43.4 Å². The van der Waals surface area contributed by atoms with Crippen molar-refractivity contribution >= 4 is 44.7 Å². The van der Waals surface area contributed by atoms with E-state index in [1.807, 2.05) is 0 Å². The van der Waals surface area contributed by atoms with E-state index in [1.54, 1.807) is 0 Å². The van der Waals surface area contributed by atoms with Crippen molar-refractivity contribution < 1.29 is 9.18 Å². The highest BCUT2D eigenvalue weighted by atomic mass is 79.9. The SMILES string of the molecule is O=Cc1c(Cl)c2ccc(Br)c(F)c2[nH]c1=O. The van der Waals surface area contributed by atoms with Gasteiger partial charge in [-0.25, -0.2) is 4.39 Å². The van der Waals surface area contributed by atoms with Gasteiger partial charge in [-0.3, -0.25) is 9.59 Å². The second kappa shape index (κ2) is 3.99. The fraction of sp³-hybridized carbons (Fsp3) is 0. The maximum Gasteiger partial charge on any atom is 0.260 e. The minimum atomic E-state index is -0.704. The number of aromatic nitrogens is 1. The number of carbonyl (C=O) groups excluding carboxylic acids is 1. The quantitative estimate of drug-likeness (QED) is 0.824. The summed E-state index contributed by atoms with van der Waals surface area (Å²) in [5.74, 6) is -0.617. The number of hydrogen-bond acceptors (Lipinski definition) is 2. The van der Waals surface area contributed by atoms with Crippen molar-refractivity contribution in [2.24, 2.45) is 0 Å². The number of aldehydes is 1. The number of rotatable bonds is 1. The van der Waals surface area contributed by atoms with Crippen LogP contribution in [0.5, 0.6) is 0 Å². The number of benzene rings is 1. The molecule has 82 valence electrons. The molecule has 0 aliphatic carbocycles. The van der Waals surface area contributed by atoms with Crippen molar-refractivity contribution in [3.8, 4) is 0 Å². The Bertz CT molecular complexity index is 653. The minimum absolute atomic E-state index is 0.0185. The molecule has 1 heterocycles. The molecular formula is C10H4BrClFNO2. The molecule has 0 unspecified atom stereocenters. The van der Waals surface area contributed by atoms with Crippen LogP contribution in [-0.2, 0) is 0 Å². The number of fused-ring (bicyclic) bond motifs is 1. The third kappa shape index (κ3) is 1.56. The summed E-state index contributed by atoms with van der Waals surface area (Å²) < 4.78 is 13.8. The van der Waals surface area contributed by atoms with Crippen molar-refractivity contribution in [2.75, 3.05) is 0 Å². The standard InChI is InChI=1S/C10H4BrClFNO2/c11-6-2-1-4-7(12)5(3-15)10(16)14-9(4)8(6)13/h1-3H,(H,14,16). The van der Waals surface area contributed by atoms with Crippen molar-refractivity contribution in [1.29, 1.82) is 0 Å². The third-order valence-corrected chi connectivity index (χ3v) is 3.19. The van der Waals surface area contributed by atoms with Crippen LogP contribution < -0.4 is 5.56 Å². The first-order chi connectivity index (χ1) is 7.56. The molecule has 6 heteroatoms. The molecule has 0 saturated heterocycles. The molecule has 0 amide bonds. The average molecular weight is 305 g/mol. The molecule has 0 aliphatic rings. The third-order valence-electron chi connectivity index (χ3n) is 2.17. The predicted molar refractivity (Wildman–Crippen MR) is 62.6 cm³/mol. The zero-order chi connectivity index (χ0) is 11.9. The van der Waals surface area contributed by atoms with E-state index in [0.29, 0.717) is 11.7 Å². The molecule has 0 saturated carbocycles. The highest BCUT2D eigenvalue weighted by molar-refractivity contribution is 9.10. The number of aromatic amines is 1. The van der Waals surface area contributed by atoms with Crippen LogP contribution in [0.4, 0.5) is 4.39 Å². The summed E-state index contributed by atoms with van der Waals surface area (Å²) in [6.45, 7) is 0. The van der Waals surface area contributed by atoms with E-state index in [2.05, 4.69) is 20.9 Å². The lowest BCUT2D eigenvalue weighted by molar-refractivity contribution is 0.112. The van der Waals surface area contributed by atoms with E-state index in [1.165, 1.54) is 12.1 Å². The van der Waals surface area contributed by atoms with Gasteiger partial charge in [-0.05, 0) is 22.0 Å². The normalized spacial score (nSPS) is 10.7. The topological polar surface area (TPSA) is 49.9 Å². The van der Waals surface area contributed by atoms with Gasteiger partial charge in [-0.15, -0.1) is 0 Å². The highest BCUT2D eigenvalue weighted by Gasteiger charge is 2.14. The molecule has 16 heavy (non-hydrogen) atoms. The molecule has 2 rings (SSSR count). The Hall–Kier alpha value is -1.20. The van der Waals surface area contributed by atoms with Crippen LogP contribution in [0.25, 0.3) is 10.9 Å². The van der Waals surface area contributed by atoms with Gasteiger partial charge < -0.3 is 4.98 Å². The predicted octanol–water partition coefficient (Wildman–Crippen LogP) is 2.90. The van der Waals surface area contributed by atoms with Gasteiger partial charge in [0, 0.05) is 5.39 Å². The van der Waals surface area contributed by atoms with Crippen LogP contribution >= 0.6 is 27.5 Å². The van der Waals surface area contributed by atoms with Gasteiger partial charge in [0.25, 0.3) is 5.56 Å². The number of pyridine rings is 1. The molecular weight excluding hydrogens is 300 g/mol. The number of nitrogens with one attached hydrogen (secondary N) is 1. The maximum atomic E-state index is 13.6. The zero-order valence-corrected chi connectivity index (χ0v) is 10.0. The van der Waals surface area contributed by atoms with Crippen LogP contribution in [0.2, 0.25) is 5.02 Å². The Morgan fingerprint density at radius 3 is 2.75 bits per heavy atom. The van der Waals surface area contributed by atoms with Gasteiger partial charge in [0.2, 0.25) is 0 Å². The number of carbonyl (C=O) groups is 1. The Balaban J connectivity index is 3.04.